The second kappa shape index (κ2) is 9.56. The summed E-state index contributed by atoms with van der Waals surface area (Å²) < 4.78 is 13.6. The van der Waals surface area contributed by atoms with E-state index < -0.39 is 0 Å². The molecule has 4 heteroatoms. The minimum Gasteiger partial charge on any atom is -0.497 e. The highest BCUT2D eigenvalue weighted by atomic mass is 16.5. The van der Waals surface area contributed by atoms with Crippen molar-refractivity contribution in [3.63, 3.8) is 0 Å². The van der Waals surface area contributed by atoms with Crippen molar-refractivity contribution in [3.05, 3.63) is 71.5 Å². The van der Waals surface area contributed by atoms with Crippen LogP contribution in [0.1, 0.15) is 65.5 Å². The lowest BCUT2D eigenvalue weighted by Crippen LogP contribution is -2.28. The Bertz CT molecular complexity index is 1200. The highest BCUT2D eigenvalue weighted by Crippen LogP contribution is 2.49. The average molecular weight is 474 g/mol. The molecule has 4 rings (SSSR count). The first-order chi connectivity index (χ1) is 16.7. The van der Waals surface area contributed by atoms with E-state index in [0.29, 0.717) is 0 Å². The van der Waals surface area contributed by atoms with Gasteiger partial charge in [-0.3, -0.25) is 0 Å². The van der Waals surface area contributed by atoms with Crippen LogP contribution in [0.4, 0.5) is 11.4 Å². The Balaban J connectivity index is 1.76. The summed E-state index contributed by atoms with van der Waals surface area (Å²) in [6.45, 7) is 15.8. The van der Waals surface area contributed by atoms with Crippen LogP contribution >= 0.6 is 0 Å². The molecule has 0 aromatic heterocycles. The Morgan fingerprint density at radius 2 is 1.51 bits per heavy atom. The lowest BCUT2D eigenvalue weighted by molar-refractivity contribution is -0.437. The summed E-state index contributed by atoms with van der Waals surface area (Å²) in [6, 6.07) is 13.0. The number of allylic oxidation sites excluding steroid dienone is 4. The molecule has 2 aromatic rings. The van der Waals surface area contributed by atoms with Gasteiger partial charge in [0.2, 0.25) is 5.69 Å². The van der Waals surface area contributed by atoms with E-state index in [-0.39, 0.29) is 10.8 Å². The van der Waals surface area contributed by atoms with Gasteiger partial charge in [-0.15, -0.1) is 0 Å². The van der Waals surface area contributed by atoms with Crippen molar-refractivity contribution in [1.82, 2.24) is 0 Å². The van der Waals surface area contributed by atoms with Crippen LogP contribution in [-0.2, 0) is 10.8 Å². The standard InChI is InChI=1S/C31H41N2O2/c1-9-18-32-26-16-14-22(34-7)20-24(26)30(3,4)28(32)12-11-13-29-31(5,6)25-21-23(35-8)15-17-27(25)33(29)19-10-2/h11-17,20-21H,9-10,18-19H2,1-8H3/q+1. The maximum Gasteiger partial charge on any atom is 0.210 e. The van der Waals surface area contributed by atoms with Crippen molar-refractivity contribution >= 4 is 17.1 Å². The van der Waals surface area contributed by atoms with Gasteiger partial charge in [-0.25, -0.2) is 0 Å². The lowest BCUT2D eigenvalue weighted by atomic mass is 9.81. The number of benzene rings is 2. The minimum absolute atomic E-state index is 0.0985. The molecule has 0 spiro atoms. The molecule has 2 aliphatic heterocycles. The molecule has 4 nitrogen and oxygen atoms in total. The first-order valence-corrected chi connectivity index (χ1v) is 12.9. The molecule has 0 N–H and O–H groups in total. The van der Waals surface area contributed by atoms with Gasteiger partial charge >= 0.3 is 0 Å². The van der Waals surface area contributed by atoms with E-state index >= 15 is 0 Å². The van der Waals surface area contributed by atoms with Crippen molar-refractivity contribution in [3.8, 4) is 11.5 Å². The number of ether oxygens (including phenoxy) is 2. The maximum atomic E-state index is 5.55. The maximum absolute atomic E-state index is 5.55. The fourth-order valence-electron chi connectivity index (χ4n) is 5.72. The van der Waals surface area contributed by atoms with Crippen LogP contribution in [0.15, 0.2) is 60.3 Å². The van der Waals surface area contributed by atoms with Gasteiger partial charge in [-0.2, -0.15) is 4.58 Å². The van der Waals surface area contributed by atoms with E-state index in [1.165, 1.54) is 33.9 Å². The molecule has 186 valence electrons. The summed E-state index contributed by atoms with van der Waals surface area (Å²) in [6.07, 6.45) is 9.08. The van der Waals surface area contributed by atoms with Crippen molar-refractivity contribution < 1.29 is 14.0 Å². The monoisotopic (exact) mass is 473 g/mol. The Morgan fingerprint density at radius 3 is 2.14 bits per heavy atom. The van der Waals surface area contributed by atoms with Gasteiger partial charge in [0, 0.05) is 47.5 Å². The molecule has 0 amide bonds. The van der Waals surface area contributed by atoms with Gasteiger partial charge in [-0.05, 0) is 62.2 Å². The van der Waals surface area contributed by atoms with Crippen molar-refractivity contribution in [2.24, 2.45) is 0 Å². The molecule has 0 radical (unpaired) electrons. The summed E-state index contributed by atoms with van der Waals surface area (Å²) in [5.74, 6) is 1.83. The topological polar surface area (TPSA) is 24.7 Å². The van der Waals surface area contributed by atoms with E-state index in [1.54, 1.807) is 14.2 Å². The molecule has 0 saturated carbocycles. The van der Waals surface area contributed by atoms with Gasteiger partial charge in [0.05, 0.1) is 19.6 Å². The first kappa shape index (κ1) is 25.1. The largest absolute Gasteiger partial charge is 0.497 e. The van der Waals surface area contributed by atoms with Crippen molar-refractivity contribution in [2.45, 2.75) is 65.2 Å². The zero-order chi connectivity index (χ0) is 25.4. The number of rotatable bonds is 8. The summed E-state index contributed by atoms with van der Waals surface area (Å²) >= 11 is 0. The third kappa shape index (κ3) is 4.17. The number of nitrogens with zero attached hydrogens (tertiary/aromatic N) is 2. The zero-order valence-electron chi connectivity index (χ0n) is 22.7. The number of fused-ring (bicyclic) bond motifs is 2. The third-order valence-electron chi connectivity index (χ3n) is 7.60. The second-order valence-electron chi connectivity index (χ2n) is 10.6. The van der Waals surface area contributed by atoms with Crippen LogP contribution in [0.3, 0.4) is 0 Å². The Hall–Kier alpha value is -3.01. The molecular formula is C31H41N2O2+. The Labute approximate surface area is 211 Å². The van der Waals surface area contributed by atoms with E-state index in [2.05, 4.69) is 106 Å². The van der Waals surface area contributed by atoms with Gasteiger partial charge in [0.1, 0.15) is 18.0 Å². The SMILES string of the molecule is CCCN1/C(=C/C=CC2=[N+](CCC)c3ccc(OC)cc3C2(C)C)C(C)(C)c2cc(OC)ccc21. The molecule has 0 unspecified atom stereocenters. The summed E-state index contributed by atoms with van der Waals surface area (Å²) in [4.78, 5) is 2.48. The van der Waals surface area contributed by atoms with E-state index in [1.807, 2.05) is 0 Å². The first-order valence-electron chi connectivity index (χ1n) is 12.9. The van der Waals surface area contributed by atoms with Crippen LogP contribution in [0.25, 0.3) is 0 Å². The van der Waals surface area contributed by atoms with Crippen LogP contribution in [0, 0.1) is 0 Å². The molecule has 2 aliphatic rings. The highest BCUT2D eigenvalue weighted by Gasteiger charge is 2.44. The van der Waals surface area contributed by atoms with Crippen LogP contribution in [0.2, 0.25) is 0 Å². The van der Waals surface area contributed by atoms with Crippen molar-refractivity contribution in [2.75, 3.05) is 32.2 Å². The molecular weight excluding hydrogens is 432 g/mol. The summed E-state index contributed by atoms with van der Waals surface area (Å²) in [5, 5.41) is 0. The number of hydrogen-bond donors (Lipinski definition) is 0. The normalized spacial score (nSPS) is 19.0. The smallest absolute Gasteiger partial charge is 0.210 e. The minimum atomic E-state index is -0.0985. The zero-order valence-corrected chi connectivity index (χ0v) is 22.7. The van der Waals surface area contributed by atoms with Gasteiger partial charge in [-0.1, -0.05) is 33.8 Å². The highest BCUT2D eigenvalue weighted by molar-refractivity contribution is 6.03. The predicted octanol–water partition coefficient (Wildman–Crippen LogP) is 7.14. The Morgan fingerprint density at radius 1 is 0.857 bits per heavy atom. The number of anilines is 1. The van der Waals surface area contributed by atoms with E-state index in [9.17, 15) is 0 Å². The predicted molar refractivity (Wildman–Crippen MR) is 147 cm³/mol. The Kier molecular flexibility index (Phi) is 6.86. The molecule has 0 saturated heterocycles. The molecule has 0 aliphatic carbocycles. The van der Waals surface area contributed by atoms with E-state index in [4.69, 9.17) is 9.47 Å². The van der Waals surface area contributed by atoms with Gasteiger partial charge in [0.15, 0.2) is 5.71 Å². The molecule has 2 aromatic carbocycles. The van der Waals surface area contributed by atoms with Crippen molar-refractivity contribution in [1.29, 1.82) is 0 Å². The van der Waals surface area contributed by atoms with Crippen LogP contribution in [-0.4, -0.2) is 37.6 Å². The number of hydrogen-bond acceptors (Lipinski definition) is 3. The molecule has 0 atom stereocenters. The average Bonchev–Trinajstić information content (AvgIpc) is 3.18. The second-order valence-corrected chi connectivity index (χ2v) is 10.6. The fourth-order valence-corrected chi connectivity index (χ4v) is 5.72. The summed E-state index contributed by atoms with van der Waals surface area (Å²) in [7, 11) is 3.48. The number of methoxy groups -OCH3 is 2. The fraction of sp³-hybridized carbons (Fsp3) is 0.452. The molecule has 0 bridgehead atoms. The molecule has 2 heterocycles. The summed E-state index contributed by atoms with van der Waals surface area (Å²) in [5.41, 5.74) is 7.69. The van der Waals surface area contributed by atoms with E-state index in [0.717, 1.165) is 37.4 Å². The third-order valence-corrected chi connectivity index (χ3v) is 7.60. The molecule has 35 heavy (non-hydrogen) atoms. The van der Waals surface area contributed by atoms with Gasteiger partial charge < -0.3 is 14.4 Å². The van der Waals surface area contributed by atoms with Crippen LogP contribution < -0.4 is 14.4 Å². The van der Waals surface area contributed by atoms with Gasteiger partial charge in [0.25, 0.3) is 0 Å². The quantitative estimate of drug-likeness (QED) is 0.381. The van der Waals surface area contributed by atoms with Crippen LogP contribution in [0.5, 0.6) is 11.5 Å². The molecule has 0 fully saturated rings. The lowest BCUT2D eigenvalue weighted by Gasteiger charge is -2.26.